The van der Waals surface area contributed by atoms with Gasteiger partial charge < -0.3 is 10.0 Å². The number of carboxylic acids is 1. The van der Waals surface area contributed by atoms with E-state index in [0.717, 1.165) is 38.0 Å². The average Bonchev–Trinajstić information content (AvgIpc) is 2.87. The first kappa shape index (κ1) is 14.3. The van der Waals surface area contributed by atoms with Crippen molar-refractivity contribution in [1.29, 1.82) is 0 Å². The summed E-state index contributed by atoms with van der Waals surface area (Å²) in [6, 6.07) is 4.35. The first-order chi connectivity index (χ1) is 9.52. The first-order valence-electron chi connectivity index (χ1n) is 6.79. The molecule has 20 heavy (non-hydrogen) atoms. The van der Waals surface area contributed by atoms with Crippen LogP contribution >= 0.6 is 0 Å². The lowest BCUT2D eigenvalue weighted by Gasteiger charge is -2.18. The Hall–Kier alpha value is -2.11. The standard InChI is InChI=1S/C14H18N2O4/c1-2-3-10-6-7-15(9-10)11-4-5-12(14(17)18)13(8-11)16(19)20/h4-5,8,10H,2-3,6-7,9H2,1H3,(H,17,18). The molecule has 1 heterocycles. The van der Waals surface area contributed by atoms with E-state index < -0.39 is 10.9 Å². The van der Waals surface area contributed by atoms with E-state index in [1.807, 2.05) is 0 Å². The number of hydrogen-bond acceptors (Lipinski definition) is 4. The summed E-state index contributed by atoms with van der Waals surface area (Å²) in [6.45, 7) is 3.90. The third-order valence-electron chi connectivity index (χ3n) is 3.76. The Morgan fingerprint density at radius 1 is 1.55 bits per heavy atom. The molecule has 0 aliphatic carbocycles. The summed E-state index contributed by atoms with van der Waals surface area (Å²) >= 11 is 0. The molecule has 1 aliphatic heterocycles. The normalized spacial score (nSPS) is 18.2. The van der Waals surface area contributed by atoms with Gasteiger partial charge in [0.25, 0.3) is 5.69 Å². The molecule has 2 rings (SSSR count). The van der Waals surface area contributed by atoms with Gasteiger partial charge in [-0.1, -0.05) is 13.3 Å². The van der Waals surface area contributed by atoms with Gasteiger partial charge in [-0.15, -0.1) is 0 Å². The highest BCUT2D eigenvalue weighted by Crippen LogP contribution is 2.30. The third kappa shape index (κ3) is 2.89. The van der Waals surface area contributed by atoms with Crippen molar-refractivity contribution in [3.05, 3.63) is 33.9 Å². The molecule has 1 unspecified atom stereocenters. The van der Waals surface area contributed by atoms with Gasteiger partial charge in [0.15, 0.2) is 0 Å². The highest BCUT2D eigenvalue weighted by Gasteiger charge is 2.25. The van der Waals surface area contributed by atoms with Crippen LogP contribution in [-0.2, 0) is 0 Å². The molecule has 1 atom stereocenters. The summed E-state index contributed by atoms with van der Waals surface area (Å²) < 4.78 is 0. The van der Waals surface area contributed by atoms with Gasteiger partial charge in [0, 0.05) is 24.8 Å². The Morgan fingerprint density at radius 2 is 2.30 bits per heavy atom. The van der Waals surface area contributed by atoms with Gasteiger partial charge in [-0.3, -0.25) is 10.1 Å². The Labute approximate surface area is 117 Å². The van der Waals surface area contributed by atoms with E-state index >= 15 is 0 Å². The van der Waals surface area contributed by atoms with Crippen LogP contribution < -0.4 is 4.90 Å². The molecular formula is C14H18N2O4. The van der Waals surface area contributed by atoms with Crippen molar-refractivity contribution in [3.8, 4) is 0 Å². The van der Waals surface area contributed by atoms with Gasteiger partial charge in [0.05, 0.1) is 4.92 Å². The van der Waals surface area contributed by atoms with Crippen LogP contribution in [0.4, 0.5) is 11.4 Å². The van der Waals surface area contributed by atoms with Gasteiger partial charge in [-0.2, -0.15) is 0 Å². The van der Waals surface area contributed by atoms with E-state index in [1.165, 1.54) is 12.1 Å². The summed E-state index contributed by atoms with van der Waals surface area (Å²) in [6.07, 6.45) is 3.38. The van der Waals surface area contributed by atoms with E-state index in [4.69, 9.17) is 5.11 Å². The number of rotatable bonds is 5. The zero-order chi connectivity index (χ0) is 14.7. The predicted molar refractivity (Wildman–Crippen MR) is 75.3 cm³/mol. The smallest absolute Gasteiger partial charge is 0.342 e. The summed E-state index contributed by atoms with van der Waals surface area (Å²) in [5, 5.41) is 19.9. The van der Waals surface area contributed by atoms with Crippen molar-refractivity contribution in [2.24, 2.45) is 5.92 Å². The first-order valence-corrected chi connectivity index (χ1v) is 6.79. The lowest BCUT2D eigenvalue weighted by atomic mass is 10.0. The minimum atomic E-state index is -1.27. The van der Waals surface area contributed by atoms with Crippen molar-refractivity contribution in [1.82, 2.24) is 0 Å². The van der Waals surface area contributed by atoms with Gasteiger partial charge in [-0.05, 0) is 30.9 Å². The molecule has 0 saturated carbocycles. The van der Waals surface area contributed by atoms with Gasteiger partial charge >= 0.3 is 5.97 Å². The minimum absolute atomic E-state index is 0.261. The molecule has 1 aromatic rings. The van der Waals surface area contributed by atoms with Gasteiger partial charge in [-0.25, -0.2) is 4.79 Å². The van der Waals surface area contributed by atoms with E-state index in [-0.39, 0.29) is 11.3 Å². The largest absolute Gasteiger partial charge is 0.477 e. The molecule has 1 saturated heterocycles. The van der Waals surface area contributed by atoms with Crippen LogP contribution in [0.2, 0.25) is 0 Å². The summed E-state index contributed by atoms with van der Waals surface area (Å²) in [7, 11) is 0. The Kier molecular flexibility index (Phi) is 4.22. The fourth-order valence-corrected chi connectivity index (χ4v) is 2.76. The fourth-order valence-electron chi connectivity index (χ4n) is 2.76. The predicted octanol–water partition coefficient (Wildman–Crippen LogP) is 2.92. The van der Waals surface area contributed by atoms with E-state index in [9.17, 15) is 14.9 Å². The van der Waals surface area contributed by atoms with Crippen LogP contribution in [0.3, 0.4) is 0 Å². The van der Waals surface area contributed by atoms with Crippen LogP contribution in [0, 0.1) is 16.0 Å². The van der Waals surface area contributed by atoms with E-state index in [2.05, 4.69) is 11.8 Å². The highest BCUT2D eigenvalue weighted by molar-refractivity contribution is 5.93. The molecule has 1 aromatic carbocycles. The topological polar surface area (TPSA) is 83.7 Å². The number of nitrogens with zero attached hydrogens (tertiary/aromatic N) is 2. The number of hydrogen-bond donors (Lipinski definition) is 1. The monoisotopic (exact) mass is 278 g/mol. The second-order valence-electron chi connectivity index (χ2n) is 5.15. The van der Waals surface area contributed by atoms with Crippen molar-refractivity contribution in [2.45, 2.75) is 26.2 Å². The number of carboxylic acid groups (broad SMARTS) is 1. The number of nitro benzene ring substituents is 1. The molecule has 1 aliphatic rings. The Balaban J connectivity index is 2.24. The highest BCUT2D eigenvalue weighted by atomic mass is 16.6. The van der Waals surface area contributed by atoms with Crippen LogP contribution in [-0.4, -0.2) is 29.1 Å². The second-order valence-corrected chi connectivity index (χ2v) is 5.15. The number of aromatic carboxylic acids is 1. The maximum Gasteiger partial charge on any atom is 0.342 e. The maximum atomic E-state index is 11.0. The zero-order valence-electron chi connectivity index (χ0n) is 11.4. The molecular weight excluding hydrogens is 260 g/mol. The molecule has 0 amide bonds. The fraction of sp³-hybridized carbons (Fsp3) is 0.500. The molecule has 1 N–H and O–H groups in total. The summed E-state index contributed by atoms with van der Waals surface area (Å²) in [5.74, 6) is -0.647. The number of carbonyl (C=O) groups is 1. The van der Waals surface area contributed by atoms with Crippen molar-refractivity contribution < 1.29 is 14.8 Å². The minimum Gasteiger partial charge on any atom is -0.477 e. The number of anilines is 1. The number of benzene rings is 1. The molecule has 6 heteroatoms. The second kappa shape index (κ2) is 5.90. The van der Waals surface area contributed by atoms with Gasteiger partial charge in [0.1, 0.15) is 5.56 Å². The molecule has 108 valence electrons. The quantitative estimate of drug-likeness (QED) is 0.661. The molecule has 0 bridgehead atoms. The zero-order valence-corrected chi connectivity index (χ0v) is 11.4. The van der Waals surface area contributed by atoms with Crippen molar-refractivity contribution in [2.75, 3.05) is 18.0 Å². The molecule has 1 fully saturated rings. The summed E-state index contributed by atoms with van der Waals surface area (Å²) in [4.78, 5) is 23.4. The molecule has 6 nitrogen and oxygen atoms in total. The maximum absolute atomic E-state index is 11.0. The SMILES string of the molecule is CCCC1CCN(c2ccc(C(=O)O)c([N+](=O)[O-])c2)C1. The van der Waals surface area contributed by atoms with E-state index in [1.54, 1.807) is 6.07 Å². The van der Waals surface area contributed by atoms with Crippen molar-refractivity contribution >= 4 is 17.3 Å². The van der Waals surface area contributed by atoms with Crippen LogP contribution in [0.5, 0.6) is 0 Å². The Morgan fingerprint density at radius 3 is 2.90 bits per heavy atom. The van der Waals surface area contributed by atoms with Gasteiger partial charge in [0.2, 0.25) is 0 Å². The van der Waals surface area contributed by atoms with Crippen LogP contribution in [0.1, 0.15) is 36.5 Å². The molecule has 0 aromatic heterocycles. The molecule has 0 spiro atoms. The average molecular weight is 278 g/mol. The van der Waals surface area contributed by atoms with Crippen molar-refractivity contribution in [3.63, 3.8) is 0 Å². The molecule has 0 radical (unpaired) electrons. The van der Waals surface area contributed by atoms with Crippen LogP contribution in [0.15, 0.2) is 18.2 Å². The summed E-state index contributed by atoms with van der Waals surface area (Å²) in [5.41, 5.74) is 0.136. The Bertz CT molecular complexity index is 530. The lowest BCUT2D eigenvalue weighted by molar-refractivity contribution is -0.385. The van der Waals surface area contributed by atoms with Crippen LogP contribution in [0.25, 0.3) is 0 Å². The van der Waals surface area contributed by atoms with E-state index in [0.29, 0.717) is 5.92 Å². The number of nitro groups is 1. The lowest BCUT2D eigenvalue weighted by Crippen LogP contribution is -2.20. The third-order valence-corrected chi connectivity index (χ3v) is 3.76.